The maximum absolute atomic E-state index is 13.0. The normalized spacial score (nSPS) is 13.6. The molecule has 1 unspecified atom stereocenters. The van der Waals surface area contributed by atoms with Gasteiger partial charge in [-0.25, -0.2) is 0 Å². The monoisotopic (exact) mass is 238 g/mol. The third-order valence-electron chi connectivity index (χ3n) is 1.88. The fraction of sp³-hybridized carbons (Fsp3) is 0.250. The quantitative estimate of drug-likeness (QED) is 0.488. The van der Waals surface area contributed by atoms with Crippen LogP contribution in [0.25, 0.3) is 0 Å². The molecular formula is C8H6F4N2O2. The first-order chi connectivity index (χ1) is 7.23. The third-order valence-corrected chi connectivity index (χ3v) is 1.88. The van der Waals surface area contributed by atoms with Crippen molar-refractivity contribution in [3.8, 4) is 0 Å². The summed E-state index contributed by atoms with van der Waals surface area (Å²) < 4.78 is 49.4. The maximum atomic E-state index is 13.0. The molecule has 88 valence electrons. The molecule has 8 heteroatoms. The maximum Gasteiger partial charge on any atom is 0.407 e. The van der Waals surface area contributed by atoms with E-state index in [1.54, 1.807) is 0 Å². The third kappa shape index (κ3) is 2.45. The summed E-state index contributed by atoms with van der Waals surface area (Å²) in [7, 11) is 0. The Morgan fingerprint density at radius 1 is 1.38 bits per heavy atom. The van der Waals surface area contributed by atoms with Gasteiger partial charge < -0.3 is 5.73 Å². The van der Waals surface area contributed by atoms with Crippen molar-refractivity contribution < 1.29 is 22.5 Å². The molecular weight excluding hydrogens is 232 g/mol. The fourth-order valence-electron chi connectivity index (χ4n) is 1.05. The van der Waals surface area contributed by atoms with Gasteiger partial charge in [0.05, 0.1) is 4.92 Å². The lowest BCUT2D eigenvalue weighted by Gasteiger charge is -2.15. The van der Waals surface area contributed by atoms with Crippen LogP contribution >= 0.6 is 0 Å². The lowest BCUT2D eigenvalue weighted by Crippen LogP contribution is -2.28. The van der Waals surface area contributed by atoms with E-state index in [-0.39, 0.29) is 0 Å². The summed E-state index contributed by atoms with van der Waals surface area (Å²) in [4.78, 5) is 9.18. The highest BCUT2D eigenvalue weighted by molar-refractivity contribution is 5.36. The van der Waals surface area contributed by atoms with Gasteiger partial charge in [0.1, 0.15) is 6.04 Å². The highest BCUT2D eigenvalue weighted by Gasteiger charge is 2.38. The van der Waals surface area contributed by atoms with Crippen LogP contribution in [0.2, 0.25) is 0 Å². The Kier molecular flexibility index (Phi) is 3.13. The van der Waals surface area contributed by atoms with Gasteiger partial charge in [0.2, 0.25) is 5.82 Å². The van der Waals surface area contributed by atoms with Crippen molar-refractivity contribution in [1.82, 2.24) is 0 Å². The molecule has 1 atom stereocenters. The lowest BCUT2D eigenvalue weighted by molar-refractivity contribution is -0.387. The van der Waals surface area contributed by atoms with Crippen LogP contribution < -0.4 is 5.73 Å². The van der Waals surface area contributed by atoms with Crippen LogP contribution in [-0.2, 0) is 0 Å². The van der Waals surface area contributed by atoms with Crippen LogP contribution in [0.5, 0.6) is 0 Å². The fourth-order valence-corrected chi connectivity index (χ4v) is 1.05. The van der Waals surface area contributed by atoms with Crippen molar-refractivity contribution in [2.75, 3.05) is 0 Å². The van der Waals surface area contributed by atoms with Gasteiger partial charge in [-0.1, -0.05) is 6.07 Å². The zero-order chi connectivity index (χ0) is 12.5. The van der Waals surface area contributed by atoms with Crippen LogP contribution in [0.3, 0.4) is 0 Å². The Bertz CT molecular complexity index is 419. The Labute approximate surface area is 86.8 Å². The minimum Gasteiger partial charge on any atom is -0.316 e. The molecule has 0 heterocycles. The predicted octanol–water partition coefficient (Wildman–Crippen LogP) is 2.30. The second kappa shape index (κ2) is 4.05. The summed E-state index contributed by atoms with van der Waals surface area (Å²) in [5.41, 5.74) is 3.36. The average molecular weight is 238 g/mol. The van der Waals surface area contributed by atoms with E-state index in [0.717, 1.165) is 6.07 Å². The van der Waals surface area contributed by atoms with Gasteiger partial charge in [0.15, 0.2) is 0 Å². The van der Waals surface area contributed by atoms with E-state index in [2.05, 4.69) is 0 Å². The number of alkyl halides is 3. The summed E-state index contributed by atoms with van der Waals surface area (Å²) in [5.74, 6) is -1.35. The van der Waals surface area contributed by atoms with Crippen molar-refractivity contribution >= 4 is 5.69 Å². The second-order valence-corrected chi connectivity index (χ2v) is 2.99. The summed E-state index contributed by atoms with van der Waals surface area (Å²) in [5, 5.41) is 10.2. The lowest BCUT2D eigenvalue weighted by atomic mass is 10.1. The highest BCUT2D eigenvalue weighted by atomic mass is 19.4. The van der Waals surface area contributed by atoms with Crippen molar-refractivity contribution in [3.63, 3.8) is 0 Å². The molecule has 0 bridgehead atoms. The Morgan fingerprint density at radius 3 is 2.31 bits per heavy atom. The number of hydrogen-bond donors (Lipinski definition) is 1. The van der Waals surface area contributed by atoms with Crippen LogP contribution in [0.1, 0.15) is 11.6 Å². The number of hydrogen-bond acceptors (Lipinski definition) is 3. The standard InChI is InChI=1S/C8H6F4N2O2/c9-5-3-4(7(13)8(10,11)12)1-2-6(5)14(15)16/h1-3,7H,13H2. The molecule has 1 rings (SSSR count). The summed E-state index contributed by atoms with van der Waals surface area (Å²) in [6, 6.07) is -0.519. The molecule has 0 aliphatic carbocycles. The molecule has 0 spiro atoms. The molecule has 2 N–H and O–H groups in total. The molecule has 4 nitrogen and oxygen atoms in total. The number of rotatable bonds is 2. The topological polar surface area (TPSA) is 69.2 Å². The van der Waals surface area contributed by atoms with Crippen molar-refractivity contribution in [2.24, 2.45) is 5.73 Å². The van der Waals surface area contributed by atoms with Gasteiger partial charge in [0.25, 0.3) is 0 Å². The molecule has 0 fully saturated rings. The smallest absolute Gasteiger partial charge is 0.316 e. The van der Waals surface area contributed by atoms with Crippen LogP contribution in [0.15, 0.2) is 18.2 Å². The van der Waals surface area contributed by atoms with E-state index in [1.807, 2.05) is 0 Å². The molecule has 0 saturated heterocycles. The zero-order valence-corrected chi connectivity index (χ0v) is 7.66. The predicted molar refractivity (Wildman–Crippen MR) is 46.0 cm³/mol. The molecule has 1 aromatic rings. The first kappa shape index (κ1) is 12.4. The Hall–Kier alpha value is -1.70. The van der Waals surface area contributed by atoms with Crippen molar-refractivity contribution in [3.05, 3.63) is 39.7 Å². The van der Waals surface area contributed by atoms with E-state index in [0.29, 0.717) is 12.1 Å². The minimum absolute atomic E-state index is 0.413. The van der Waals surface area contributed by atoms with Gasteiger partial charge in [-0.2, -0.15) is 17.6 Å². The molecule has 16 heavy (non-hydrogen) atoms. The number of nitrogens with two attached hydrogens (primary N) is 1. The molecule has 0 aromatic heterocycles. The van der Waals surface area contributed by atoms with E-state index in [4.69, 9.17) is 5.73 Å². The van der Waals surface area contributed by atoms with Gasteiger partial charge in [0, 0.05) is 6.07 Å². The number of halogens is 4. The molecule has 0 aliphatic rings. The number of nitrogens with zero attached hydrogens (tertiary/aromatic N) is 1. The first-order valence-electron chi connectivity index (χ1n) is 3.99. The van der Waals surface area contributed by atoms with Gasteiger partial charge >= 0.3 is 11.9 Å². The molecule has 0 saturated carbocycles. The summed E-state index contributed by atoms with van der Waals surface area (Å²) in [6.07, 6.45) is -4.72. The Morgan fingerprint density at radius 2 is 1.94 bits per heavy atom. The van der Waals surface area contributed by atoms with E-state index in [1.165, 1.54) is 0 Å². The largest absolute Gasteiger partial charge is 0.407 e. The zero-order valence-electron chi connectivity index (χ0n) is 7.66. The summed E-state index contributed by atoms with van der Waals surface area (Å²) in [6.45, 7) is 0. The van der Waals surface area contributed by atoms with E-state index in [9.17, 15) is 27.7 Å². The number of nitro benzene ring substituents is 1. The number of nitro groups is 1. The SMILES string of the molecule is NC(c1ccc([N+](=O)[O-])c(F)c1)C(F)(F)F. The van der Waals surface area contributed by atoms with Gasteiger partial charge in [-0.3, -0.25) is 10.1 Å². The minimum atomic E-state index is -4.72. The van der Waals surface area contributed by atoms with Crippen molar-refractivity contribution in [1.29, 1.82) is 0 Å². The molecule has 0 amide bonds. The molecule has 1 aromatic carbocycles. The van der Waals surface area contributed by atoms with Crippen molar-refractivity contribution in [2.45, 2.75) is 12.2 Å². The van der Waals surface area contributed by atoms with E-state index < -0.39 is 34.2 Å². The Balaban J connectivity index is 3.11. The van der Waals surface area contributed by atoms with Crippen LogP contribution in [-0.4, -0.2) is 11.1 Å². The average Bonchev–Trinajstić information content (AvgIpc) is 2.14. The second-order valence-electron chi connectivity index (χ2n) is 2.99. The summed E-state index contributed by atoms with van der Waals surface area (Å²) >= 11 is 0. The van der Waals surface area contributed by atoms with E-state index >= 15 is 0 Å². The van der Waals surface area contributed by atoms with Gasteiger partial charge in [-0.15, -0.1) is 0 Å². The first-order valence-corrected chi connectivity index (χ1v) is 3.99. The molecule has 0 radical (unpaired) electrons. The number of benzene rings is 1. The molecule has 0 aliphatic heterocycles. The van der Waals surface area contributed by atoms with Crippen LogP contribution in [0, 0.1) is 15.9 Å². The highest BCUT2D eigenvalue weighted by Crippen LogP contribution is 2.32. The van der Waals surface area contributed by atoms with Crippen LogP contribution in [0.4, 0.5) is 23.2 Å². The van der Waals surface area contributed by atoms with Gasteiger partial charge in [-0.05, 0) is 11.6 Å².